The van der Waals surface area contributed by atoms with Crippen LogP contribution >= 0.6 is 11.8 Å². The van der Waals surface area contributed by atoms with Crippen molar-refractivity contribution in [2.75, 3.05) is 13.1 Å². The van der Waals surface area contributed by atoms with Crippen molar-refractivity contribution >= 4 is 29.5 Å². The van der Waals surface area contributed by atoms with E-state index >= 15 is 0 Å². The standard InChI is InChI=1S/C16H23N3O5S/c1-6-12-11(7(2)20)15(22)19(12)13(16(23)24)14(6)25-10-5-18(8(3)17)4-9(10)21/h6-7,9-12,17,20-21H,4-5H2,1-3H3,(H,23,24)/t6?,7?,9?,10?,11?,12-/m1/s1. The maximum absolute atomic E-state index is 12.3. The molecule has 138 valence electrons. The average molecular weight is 369 g/mol. The van der Waals surface area contributed by atoms with Crippen LogP contribution in [0.2, 0.25) is 0 Å². The van der Waals surface area contributed by atoms with Gasteiger partial charge in [-0.3, -0.25) is 10.2 Å². The first kappa shape index (κ1) is 18.2. The Morgan fingerprint density at radius 3 is 2.52 bits per heavy atom. The molecule has 0 saturated carbocycles. The average Bonchev–Trinajstić information content (AvgIpc) is 2.97. The number of likely N-dealkylation sites (tertiary alicyclic amines) is 1. The van der Waals surface area contributed by atoms with Crippen LogP contribution in [-0.2, 0) is 9.59 Å². The first-order valence-corrected chi connectivity index (χ1v) is 9.16. The Morgan fingerprint density at radius 2 is 2.04 bits per heavy atom. The van der Waals surface area contributed by atoms with E-state index in [2.05, 4.69) is 0 Å². The number of amides is 1. The number of amidine groups is 1. The molecule has 0 aromatic heterocycles. The van der Waals surface area contributed by atoms with E-state index in [0.717, 1.165) is 0 Å². The normalized spacial score (nSPS) is 35.7. The predicted octanol–water partition coefficient (Wildman–Crippen LogP) is -0.0844. The molecule has 0 spiro atoms. The van der Waals surface area contributed by atoms with Crippen LogP contribution in [0.5, 0.6) is 0 Å². The topological polar surface area (TPSA) is 125 Å². The second kappa shape index (κ2) is 6.30. The number of carboxylic acid groups (broad SMARTS) is 1. The molecule has 3 aliphatic heterocycles. The first-order valence-electron chi connectivity index (χ1n) is 8.28. The summed E-state index contributed by atoms with van der Waals surface area (Å²) in [4.78, 5) is 27.7. The van der Waals surface area contributed by atoms with Crippen molar-refractivity contribution in [1.82, 2.24) is 9.80 Å². The van der Waals surface area contributed by atoms with Crippen LogP contribution in [0.3, 0.4) is 0 Å². The number of aliphatic hydroxyl groups is 2. The number of hydrogen-bond donors (Lipinski definition) is 4. The fourth-order valence-corrected chi connectivity index (χ4v) is 5.46. The minimum absolute atomic E-state index is 0.0263. The molecule has 0 aromatic carbocycles. The molecule has 9 heteroatoms. The van der Waals surface area contributed by atoms with Crippen molar-refractivity contribution < 1.29 is 24.9 Å². The molecule has 2 fully saturated rings. The molecule has 6 atom stereocenters. The molecule has 5 unspecified atom stereocenters. The number of fused-ring (bicyclic) bond motifs is 1. The summed E-state index contributed by atoms with van der Waals surface area (Å²) in [6.45, 7) is 5.86. The fourth-order valence-electron chi connectivity index (χ4n) is 3.99. The van der Waals surface area contributed by atoms with Crippen molar-refractivity contribution in [3.8, 4) is 0 Å². The van der Waals surface area contributed by atoms with Crippen LogP contribution in [0.25, 0.3) is 0 Å². The highest BCUT2D eigenvalue weighted by molar-refractivity contribution is 8.03. The van der Waals surface area contributed by atoms with E-state index in [-0.39, 0.29) is 28.8 Å². The van der Waals surface area contributed by atoms with Gasteiger partial charge in [0.05, 0.1) is 35.3 Å². The third-order valence-electron chi connectivity index (χ3n) is 5.30. The van der Waals surface area contributed by atoms with Crippen LogP contribution in [0.4, 0.5) is 0 Å². The minimum Gasteiger partial charge on any atom is -0.477 e. The Morgan fingerprint density at radius 1 is 1.40 bits per heavy atom. The molecule has 0 aliphatic carbocycles. The largest absolute Gasteiger partial charge is 0.477 e. The number of carbonyl (C=O) groups excluding carboxylic acids is 1. The number of thioether (sulfide) groups is 1. The number of aliphatic hydroxyl groups excluding tert-OH is 2. The molecule has 0 radical (unpaired) electrons. The van der Waals surface area contributed by atoms with Crippen molar-refractivity contribution in [1.29, 1.82) is 5.41 Å². The number of β-lactam (4-membered cyclic amide) rings is 1. The second-order valence-electron chi connectivity index (χ2n) is 6.99. The summed E-state index contributed by atoms with van der Waals surface area (Å²) < 4.78 is 0. The Balaban J connectivity index is 1.86. The van der Waals surface area contributed by atoms with Crippen LogP contribution in [0, 0.1) is 17.2 Å². The summed E-state index contributed by atoms with van der Waals surface area (Å²) in [5.74, 6) is -1.96. The minimum atomic E-state index is -1.16. The second-order valence-corrected chi connectivity index (χ2v) is 8.27. The van der Waals surface area contributed by atoms with Crippen molar-refractivity contribution in [3.05, 3.63) is 10.6 Å². The van der Waals surface area contributed by atoms with Crippen molar-refractivity contribution in [2.45, 2.75) is 44.3 Å². The predicted molar refractivity (Wildman–Crippen MR) is 92.0 cm³/mol. The summed E-state index contributed by atoms with van der Waals surface area (Å²) in [5.41, 5.74) is -0.0263. The molecule has 1 amide bonds. The van der Waals surface area contributed by atoms with Gasteiger partial charge in [0, 0.05) is 23.9 Å². The molecule has 3 aliphatic rings. The van der Waals surface area contributed by atoms with Crippen molar-refractivity contribution in [3.63, 3.8) is 0 Å². The van der Waals surface area contributed by atoms with Crippen molar-refractivity contribution in [2.24, 2.45) is 11.8 Å². The van der Waals surface area contributed by atoms with Gasteiger partial charge in [0.25, 0.3) is 0 Å². The molecule has 25 heavy (non-hydrogen) atoms. The number of hydrogen-bond acceptors (Lipinski definition) is 6. The Kier molecular flexibility index (Phi) is 4.59. The monoisotopic (exact) mass is 369 g/mol. The van der Waals surface area contributed by atoms with Gasteiger partial charge in [-0.1, -0.05) is 6.92 Å². The van der Waals surface area contributed by atoms with Gasteiger partial charge < -0.3 is 25.1 Å². The number of aliphatic carboxylic acids is 1. The SMILES string of the molecule is CC(=N)N1CC(O)C(SC2=C(C(=O)O)N3C(=O)C(C(C)O)[C@H]3C2C)C1. The zero-order valence-electron chi connectivity index (χ0n) is 14.3. The zero-order chi connectivity index (χ0) is 18.6. The summed E-state index contributed by atoms with van der Waals surface area (Å²) in [6.07, 6.45) is -1.50. The van der Waals surface area contributed by atoms with Gasteiger partial charge in [-0.15, -0.1) is 11.8 Å². The Hall–Kier alpha value is -1.58. The van der Waals surface area contributed by atoms with Gasteiger partial charge in [-0.25, -0.2) is 4.79 Å². The van der Waals surface area contributed by atoms with Crippen LogP contribution in [-0.4, -0.2) is 79.4 Å². The van der Waals surface area contributed by atoms with E-state index in [4.69, 9.17) is 5.41 Å². The molecule has 0 aromatic rings. The number of carboxylic acids is 1. The van der Waals surface area contributed by atoms with Gasteiger partial charge in [0.2, 0.25) is 5.91 Å². The summed E-state index contributed by atoms with van der Waals surface area (Å²) in [7, 11) is 0. The summed E-state index contributed by atoms with van der Waals surface area (Å²) >= 11 is 1.29. The Bertz CT molecular complexity index is 664. The number of nitrogens with zero attached hydrogens (tertiary/aromatic N) is 2. The summed E-state index contributed by atoms with van der Waals surface area (Å²) in [5, 5.41) is 37.2. The smallest absolute Gasteiger partial charge is 0.353 e. The number of carbonyl (C=O) groups is 2. The van der Waals surface area contributed by atoms with Crippen LogP contribution in [0.1, 0.15) is 20.8 Å². The lowest BCUT2D eigenvalue weighted by molar-refractivity contribution is -0.163. The lowest BCUT2D eigenvalue weighted by Crippen LogP contribution is -2.63. The lowest BCUT2D eigenvalue weighted by atomic mass is 9.79. The lowest BCUT2D eigenvalue weighted by Gasteiger charge is -2.46. The first-order chi connectivity index (χ1) is 11.6. The van der Waals surface area contributed by atoms with E-state index in [1.807, 2.05) is 6.92 Å². The zero-order valence-corrected chi connectivity index (χ0v) is 15.2. The van der Waals surface area contributed by atoms with Gasteiger partial charge in [0.15, 0.2) is 0 Å². The molecular weight excluding hydrogens is 346 g/mol. The summed E-state index contributed by atoms with van der Waals surface area (Å²) in [6, 6.07) is -0.347. The maximum atomic E-state index is 12.3. The maximum Gasteiger partial charge on any atom is 0.353 e. The molecule has 3 rings (SSSR count). The van der Waals surface area contributed by atoms with Gasteiger partial charge in [0.1, 0.15) is 5.70 Å². The van der Waals surface area contributed by atoms with Crippen LogP contribution < -0.4 is 0 Å². The fraction of sp³-hybridized carbons (Fsp3) is 0.688. The number of rotatable bonds is 4. The molecule has 0 bridgehead atoms. The highest BCUT2D eigenvalue weighted by atomic mass is 32.2. The third-order valence-corrected chi connectivity index (χ3v) is 6.89. The molecule has 8 nitrogen and oxygen atoms in total. The molecule has 4 N–H and O–H groups in total. The van der Waals surface area contributed by atoms with Gasteiger partial charge in [-0.05, 0) is 13.8 Å². The third kappa shape index (κ3) is 2.74. The molecular formula is C16H23N3O5S. The molecule has 2 saturated heterocycles. The number of β-amino-alcohol motifs (C(OH)–C–C–N with tert-alkyl or cyclic N) is 1. The quantitative estimate of drug-likeness (QED) is 0.310. The number of nitrogens with one attached hydrogen (secondary N) is 1. The Labute approximate surface area is 150 Å². The highest BCUT2D eigenvalue weighted by Gasteiger charge is 2.60. The highest BCUT2D eigenvalue weighted by Crippen LogP contribution is 2.51. The van der Waals surface area contributed by atoms with Crippen LogP contribution in [0.15, 0.2) is 10.6 Å². The van der Waals surface area contributed by atoms with E-state index in [0.29, 0.717) is 23.8 Å². The van der Waals surface area contributed by atoms with E-state index < -0.39 is 24.1 Å². The van der Waals surface area contributed by atoms with Gasteiger partial charge in [-0.2, -0.15) is 0 Å². The van der Waals surface area contributed by atoms with E-state index in [9.17, 15) is 24.9 Å². The van der Waals surface area contributed by atoms with Gasteiger partial charge >= 0.3 is 5.97 Å². The van der Waals surface area contributed by atoms with E-state index in [1.165, 1.54) is 16.7 Å². The van der Waals surface area contributed by atoms with E-state index in [1.54, 1.807) is 18.7 Å². The molecule has 3 heterocycles.